The van der Waals surface area contributed by atoms with Crippen LogP contribution in [0.3, 0.4) is 0 Å². The Balaban J connectivity index is 2.54. The molecule has 0 aliphatic heterocycles. The van der Waals surface area contributed by atoms with E-state index in [1.54, 1.807) is 12.1 Å². The van der Waals surface area contributed by atoms with Crippen molar-refractivity contribution in [3.05, 3.63) is 54.1 Å². The molecule has 2 aromatic rings. The molecule has 86 valence electrons. The molecule has 0 fully saturated rings. The van der Waals surface area contributed by atoms with Gasteiger partial charge in [-0.05, 0) is 11.6 Å². The molecule has 0 atom stereocenters. The highest BCUT2D eigenvalue weighted by atomic mass is 16.2. The molecule has 4 nitrogen and oxygen atoms in total. The quantitative estimate of drug-likeness (QED) is 0.315. The zero-order chi connectivity index (χ0) is 12.3. The molecule has 0 saturated heterocycles. The van der Waals surface area contributed by atoms with Gasteiger partial charge >= 0.3 is 0 Å². The van der Waals surface area contributed by atoms with E-state index in [4.69, 9.17) is 11.6 Å². The van der Waals surface area contributed by atoms with E-state index in [0.29, 0.717) is 11.3 Å². The van der Waals surface area contributed by atoms with E-state index in [9.17, 15) is 4.79 Å². The second-order valence-electron chi connectivity index (χ2n) is 3.61. The first-order valence-corrected chi connectivity index (χ1v) is 5.19. The first-order valence-electron chi connectivity index (χ1n) is 5.19. The molecule has 0 unspecified atom stereocenters. The van der Waals surface area contributed by atoms with Gasteiger partial charge in [0.05, 0.1) is 11.3 Å². The Labute approximate surface area is 99.2 Å². The fourth-order valence-corrected chi connectivity index (χ4v) is 1.71. The van der Waals surface area contributed by atoms with E-state index in [2.05, 4.69) is 5.43 Å². The van der Waals surface area contributed by atoms with Gasteiger partial charge in [-0.3, -0.25) is 10.2 Å². The maximum atomic E-state index is 11.5. The van der Waals surface area contributed by atoms with Crippen LogP contribution in [0.1, 0.15) is 10.4 Å². The smallest absolute Gasteiger partial charge is 0.267 e. The maximum absolute atomic E-state index is 11.5. The normalized spacial score (nSPS) is 9.94. The SMILES string of the molecule is NNC(=O)c1cccc(-c2ccccc2)c1N. The largest absolute Gasteiger partial charge is 0.398 e. The number of carbonyl (C=O) groups excluding carboxylic acids is 1. The number of hydrazine groups is 1. The van der Waals surface area contributed by atoms with Crippen molar-refractivity contribution in [2.45, 2.75) is 0 Å². The van der Waals surface area contributed by atoms with Gasteiger partial charge in [0.25, 0.3) is 5.91 Å². The summed E-state index contributed by atoms with van der Waals surface area (Å²) in [6, 6.07) is 14.9. The van der Waals surface area contributed by atoms with E-state index in [0.717, 1.165) is 11.1 Å². The van der Waals surface area contributed by atoms with E-state index in [-0.39, 0.29) is 5.91 Å². The number of benzene rings is 2. The third kappa shape index (κ3) is 2.11. The molecule has 0 heterocycles. The van der Waals surface area contributed by atoms with Crippen LogP contribution < -0.4 is 17.0 Å². The summed E-state index contributed by atoms with van der Waals surface area (Å²) in [4.78, 5) is 11.5. The zero-order valence-electron chi connectivity index (χ0n) is 9.18. The van der Waals surface area contributed by atoms with Crippen LogP contribution >= 0.6 is 0 Å². The van der Waals surface area contributed by atoms with Gasteiger partial charge < -0.3 is 5.73 Å². The highest BCUT2D eigenvalue weighted by molar-refractivity contribution is 6.02. The molecule has 0 aliphatic rings. The molecule has 0 aliphatic carbocycles. The lowest BCUT2D eigenvalue weighted by Crippen LogP contribution is -2.30. The van der Waals surface area contributed by atoms with E-state index < -0.39 is 0 Å². The predicted octanol–water partition coefficient (Wildman–Crippen LogP) is 1.54. The fourth-order valence-electron chi connectivity index (χ4n) is 1.71. The van der Waals surface area contributed by atoms with Crippen LogP contribution in [0.15, 0.2) is 48.5 Å². The standard InChI is InChI=1S/C13H13N3O/c14-12-10(9-5-2-1-3-6-9)7-4-8-11(12)13(17)16-15/h1-8H,14-15H2,(H,16,17). The second-order valence-corrected chi connectivity index (χ2v) is 3.61. The van der Waals surface area contributed by atoms with Gasteiger partial charge in [-0.25, -0.2) is 5.84 Å². The van der Waals surface area contributed by atoms with Crippen molar-refractivity contribution < 1.29 is 4.79 Å². The molecular formula is C13H13N3O. The molecular weight excluding hydrogens is 214 g/mol. The van der Waals surface area contributed by atoms with Gasteiger partial charge in [0, 0.05) is 5.56 Å². The van der Waals surface area contributed by atoms with Gasteiger partial charge in [0.1, 0.15) is 0 Å². The van der Waals surface area contributed by atoms with Gasteiger partial charge in [-0.1, -0.05) is 42.5 Å². The van der Waals surface area contributed by atoms with Crippen molar-refractivity contribution in [1.82, 2.24) is 5.43 Å². The van der Waals surface area contributed by atoms with E-state index in [1.807, 2.05) is 36.4 Å². The molecule has 0 aromatic heterocycles. The van der Waals surface area contributed by atoms with Crippen LogP contribution in [0.4, 0.5) is 5.69 Å². The second kappa shape index (κ2) is 4.67. The Morgan fingerprint density at radius 2 is 1.71 bits per heavy atom. The topological polar surface area (TPSA) is 81.1 Å². The summed E-state index contributed by atoms with van der Waals surface area (Å²) in [5.74, 6) is 4.72. The zero-order valence-corrected chi connectivity index (χ0v) is 9.18. The molecule has 0 saturated carbocycles. The number of nitrogens with two attached hydrogens (primary N) is 2. The fraction of sp³-hybridized carbons (Fsp3) is 0. The van der Waals surface area contributed by atoms with Crippen molar-refractivity contribution in [3.8, 4) is 11.1 Å². The first kappa shape index (κ1) is 11.2. The van der Waals surface area contributed by atoms with Crippen LogP contribution in [0.2, 0.25) is 0 Å². The number of amides is 1. The number of hydrogen-bond donors (Lipinski definition) is 3. The molecule has 2 rings (SSSR count). The maximum Gasteiger partial charge on any atom is 0.267 e. The third-order valence-electron chi connectivity index (χ3n) is 2.57. The Morgan fingerprint density at radius 1 is 1.00 bits per heavy atom. The molecule has 17 heavy (non-hydrogen) atoms. The van der Waals surface area contributed by atoms with Gasteiger partial charge in [0.2, 0.25) is 0 Å². The summed E-state index contributed by atoms with van der Waals surface area (Å²) in [6.45, 7) is 0. The van der Waals surface area contributed by atoms with E-state index >= 15 is 0 Å². The number of para-hydroxylation sites is 1. The lowest BCUT2D eigenvalue weighted by Gasteiger charge is -2.09. The number of hydrogen-bond acceptors (Lipinski definition) is 3. The number of rotatable bonds is 2. The highest BCUT2D eigenvalue weighted by Gasteiger charge is 2.11. The lowest BCUT2D eigenvalue weighted by atomic mass is 10.00. The molecule has 4 heteroatoms. The monoisotopic (exact) mass is 227 g/mol. The average Bonchev–Trinajstić information content (AvgIpc) is 2.39. The van der Waals surface area contributed by atoms with Crippen molar-refractivity contribution in [1.29, 1.82) is 0 Å². The molecule has 0 bridgehead atoms. The first-order chi connectivity index (χ1) is 8.24. The lowest BCUT2D eigenvalue weighted by molar-refractivity contribution is 0.0954. The van der Waals surface area contributed by atoms with Crippen LogP contribution in [0.5, 0.6) is 0 Å². The molecule has 5 N–H and O–H groups in total. The minimum Gasteiger partial charge on any atom is -0.398 e. The number of anilines is 1. The van der Waals surface area contributed by atoms with Gasteiger partial charge in [-0.15, -0.1) is 0 Å². The van der Waals surface area contributed by atoms with Crippen LogP contribution in [-0.2, 0) is 0 Å². The van der Waals surface area contributed by atoms with E-state index in [1.165, 1.54) is 0 Å². The molecule has 0 radical (unpaired) electrons. The van der Waals surface area contributed by atoms with Crippen molar-refractivity contribution in [2.75, 3.05) is 5.73 Å². The molecule has 2 aromatic carbocycles. The number of carbonyl (C=O) groups is 1. The summed E-state index contributed by atoms with van der Waals surface area (Å²) >= 11 is 0. The summed E-state index contributed by atoms with van der Waals surface area (Å²) in [5.41, 5.74) is 10.7. The summed E-state index contributed by atoms with van der Waals surface area (Å²) in [7, 11) is 0. The van der Waals surface area contributed by atoms with Crippen LogP contribution in [0.25, 0.3) is 11.1 Å². The van der Waals surface area contributed by atoms with Crippen LogP contribution in [-0.4, -0.2) is 5.91 Å². The number of nitrogens with one attached hydrogen (secondary N) is 1. The predicted molar refractivity (Wildman–Crippen MR) is 67.9 cm³/mol. The van der Waals surface area contributed by atoms with Crippen molar-refractivity contribution >= 4 is 11.6 Å². The Morgan fingerprint density at radius 3 is 2.35 bits per heavy atom. The summed E-state index contributed by atoms with van der Waals surface area (Å²) in [6.07, 6.45) is 0. The highest BCUT2D eigenvalue weighted by Crippen LogP contribution is 2.28. The Hall–Kier alpha value is -2.33. The van der Waals surface area contributed by atoms with Gasteiger partial charge in [-0.2, -0.15) is 0 Å². The third-order valence-corrected chi connectivity index (χ3v) is 2.57. The molecule has 1 amide bonds. The minimum absolute atomic E-state index is 0.383. The summed E-state index contributed by atoms with van der Waals surface area (Å²) in [5, 5.41) is 0. The van der Waals surface area contributed by atoms with Gasteiger partial charge in [0.15, 0.2) is 0 Å². The van der Waals surface area contributed by atoms with Crippen molar-refractivity contribution in [3.63, 3.8) is 0 Å². The Kier molecular flexibility index (Phi) is 3.07. The molecule has 0 spiro atoms. The van der Waals surface area contributed by atoms with Crippen LogP contribution in [0, 0.1) is 0 Å². The minimum atomic E-state index is -0.389. The summed E-state index contributed by atoms with van der Waals surface area (Å²) < 4.78 is 0. The average molecular weight is 227 g/mol. The Bertz CT molecular complexity index is 538. The van der Waals surface area contributed by atoms with Crippen molar-refractivity contribution in [2.24, 2.45) is 5.84 Å². The number of nitrogen functional groups attached to an aromatic ring is 2.